The number of carbonyl (C=O) groups is 3. The van der Waals surface area contributed by atoms with Gasteiger partial charge in [-0.05, 0) is 18.1 Å². The number of carbonyl (C=O) groups excluding carboxylic acids is 2. The summed E-state index contributed by atoms with van der Waals surface area (Å²) in [6.45, 7) is -1.00. The van der Waals surface area contributed by atoms with Crippen molar-refractivity contribution in [3.8, 4) is 0 Å². The highest BCUT2D eigenvalue weighted by atomic mass is 19.4. The molecule has 6 atom stereocenters. The fraction of sp³-hybridized carbons (Fsp3) is 0.522. The molecule has 1 aromatic carbocycles. The van der Waals surface area contributed by atoms with Gasteiger partial charge in [-0.1, -0.05) is 0 Å². The van der Waals surface area contributed by atoms with Crippen LogP contribution in [0.15, 0.2) is 12.1 Å². The van der Waals surface area contributed by atoms with Gasteiger partial charge >= 0.3 is 18.2 Å². The van der Waals surface area contributed by atoms with Crippen LogP contribution in [0.3, 0.4) is 0 Å². The average molecular weight is 627 g/mol. The minimum atomic E-state index is -4.80. The van der Waals surface area contributed by atoms with E-state index in [1.807, 2.05) is 0 Å². The van der Waals surface area contributed by atoms with Crippen molar-refractivity contribution in [1.82, 2.24) is 25.0 Å². The number of hydrogen-bond acceptors (Lipinski definition) is 10. The number of aromatic nitrogens is 3. The van der Waals surface area contributed by atoms with Gasteiger partial charge in [-0.25, -0.2) is 22.8 Å². The molecular weight excluding hydrogens is 604 g/mol. The molecule has 1 aromatic heterocycles. The summed E-state index contributed by atoms with van der Waals surface area (Å²) in [5.74, 6) is -8.25. The largest absolute Gasteiger partial charge is 0.479 e. The van der Waals surface area contributed by atoms with E-state index in [0.29, 0.717) is 6.07 Å². The number of amides is 2. The van der Waals surface area contributed by atoms with Crippen molar-refractivity contribution in [2.45, 2.75) is 68.9 Å². The summed E-state index contributed by atoms with van der Waals surface area (Å²) in [5.41, 5.74) is -0.497. The van der Waals surface area contributed by atoms with Crippen LogP contribution in [0, 0.1) is 17.5 Å². The second kappa shape index (κ2) is 12.3. The van der Waals surface area contributed by atoms with E-state index < -0.39 is 109 Å². The second-order valence-corrected chi connectivity index (χ2v) is 9.65. The summed E-state index contributed by atoms with van der Waals surface area (Å²) in [7, 11) is 0. The van der Waals surface area contributed by atoms with E-state index in [2.05, 4.69) is 15.5 Å². The maximum Gasteiger partial charge on any atom is 0.451 e. The molecule has 5 N–H and O–H groups in total. The number of carboxylic acids is 1. The summed E-state index contributed by atoms with van der Waals surface area (Å²) in [4.78, 5) is 38.1. The Morgan fingerprint density at radius 2 is 1.70 bits per heavy atom. The van der Waals surface area contributed by atoms with E-state index in [9.17, 15) is 56.0 Å². The van der Waals surface area contributed by atoms with Crippen molar-refractivity contribution in [3.63, 3.8) is 0 Å². The highest BCUT2D eigenvalue weighted by Crippen LogP contribution is 2.30. The van der Waals surface area contributed by atoms with Gasteiger partial charge in [-0.2, -0.15) is 13.2 Å². The molecule has 43 heavy (non-hydrogen) atoms. The van der Waals surface area contributed by atoms with Gasteiger partial charge in [-0.3, -0.25) is 4.79 Å². The molecule has 0 radical (unpaired) electrons. The number of hydrogen-bond donors (Lipinski definition) is 5. The third-order valence-corrected chi connectivity index (χ3v) is 6.69. The zero-order chi connectivity index (χ0) is 31.8. The second-order valence-electron chi connectivity index (χ2n) is 9.65. The van der Waals surface area contributed by atoms with Crippen LogP contribution in [0.5, 0.6) is 0 Å². The Balaban J connectivity index is 1.50. The molecule has 2 aliphatic rings. The van der Waals surface area contributed by atoms with Gasteiger partial charge in [0.15, 0.2) is 23.6 Å². The van der Waals surface area contributed by atoms with Crippen molar-refractivity contribution in [1.29, 1.82) is 0 Å². The number of aliphatic hydroxyl groups is 3. The van der Waals surface area contributed by atoms with Crippen molar-refractivity contribution in [3.05, 3.63) is 46.8 Å². The number of ether oxygens (including phenoxy) is 2. The van der Waals surface area contributed by atoms with Gasteiger partial charge in [0, 0.05) is 31.6 Å². The number of alkyl carbamates (subject to hydrolysis) is 1. The van der Waals surface area contributed by atoms with Gasteiger partial charge in [0.1, 0.15) is 24.1 Å². The minimum Gasteiger partial charge on any atom is -0.479 e. The Kier molecular flexibility index (Phi) is 9.13. The molecule has 0 saturated carbocycles. The van der Waals surface area contributed by atoms with E-state index in [1.54, 1.807) is 0 Å². The summed E-state index contributed by atoms with van der Waals surface area (Å²) < 4.78 is 91.4. The number of nitrogens with one attached hydrogen (secondary N) is 1. The van der Waals surface area contributed by atoms with Gasteiger partial charge in [0.2, 0.25) is 18.0 Å². The molecule has 4 rings (SSSR count). The van der Waals surface area contributed by atoms with E-state index in [1.165, 1.54) is 0 Å². The van der Waals surface area contributed by atoms with Gasteiger partial charge in [-0.15, -0.1) is 10.2 Å². The number of halogens is 6. The number of aliphatic carboxylic acids is 1. The summed E-state index contributed by atoms with van der Waals surface area (Å²) >= 11 is 0. The number of aliphatic hydroxyl groups excluding tert-OH is 3. The lowest BCUT2D eigenvalue weighted by Crippen LogP contribution is -2.61. The molecule has 0 spiro atoms. The Labute approximate surface area is 236 Å². The topological polar surface area (TPSA) is 197 Å². The van der Waals surface area contributed by atoms with Crippen molar-refractivity contribution in [2.75, 3.05) is 6.54 Å². The predicted molar refractivity (Wildman–Crippen MR) is 123 cm³/mol. The van der Waals surface area contributed by atoms with Gasteiger partial charge < -0.3 is 44.7 Å². The lowest BCUT2D eigenvalue weighted by Gasteiger charge is -2.38. The highest BCUT2D eigenvalue weighted by Gasteiger charge is 2.49. The Bertz CT molecular complexity index is 1390. The number of nitrogens with zero attached hydrogens (tertiary/aromatic N) is 4. The number of carboxylic acid groups (broad SMARTS) is 1. The van der Waals surface area contributed by atoms with Crippen LogP contribution < -0.4 is 5.32 Å². The molecule has 1 fully saturated rings. The first kappa shape index (κ1) is 31.9. The molecule has 20 heteroatoms. The molecule has 14 nitrogen and oxygen atoms in total. The predicted octanol–water partition coefficient (Wildman–Crippen LogP) is -0.324. The van der Waals surface area contributed by atoms with Gasteiger partial charge in [0.05, 0.1) is 6.54 Å². The SMILES string of the molecule is O=C(N[C@@H](CC(=O)N1CCn2c(nnc2C(F)(F)F)C1)Cc1cc(F)c(F)cc1F)O[C@H]1O[C@@H](C(=O)O)[C@H](O)[C@@H](O)[C@H]1O. The average Bonchev–Trinajstić information content (AvgIpc) is 3.36. The van der Waals surface area contributed by atoms with Crippen LogP contribution in [-0.4, -0.2) is 101 Å². The standard InChI is InChI=1S/C23H23F6N5O9/c24-10-6-12(26)11(25)4-8(10)3-9(30-22(41)43-20-17(38)15(36)16(37)18(42-20)19(39)40)5-14(35)33-1-2-34-13(7-33)31-32-21(34)23(27,28)29/h4,6,9,15-18,20,36-38H,1-3,5,7H2,(H,30,41)(H,39,40)/t9-,15-,16-,17-,18-,20-/m1/s1. The minimum absolute atomic E-state index is 0.195. The van der Waals surface area contributed by atoms with Gasteiger partial charge in [0.25, 0.3) is 0 Å². The number of fused-ring (bicyclic) bond motifs is 1. The third kappa shape index (κ3) is 6.98. The first-order chi connectivity index (χ1) is 20.1. The quantitative estimate of drug-likeness (QED) is 0.199. The number of rotatable bonds is 7. The monoisotopic (exact) mass is 627 g/mol. The van der Waals surface area contributed by atoms with Crippen molar-refractivity contribution in [2.24, 2.45) is 0 Å². The van der Waals surface area contributed by atoms with Crippen LogP contribution in [0.25, 0.3) is 0 Å². The van der Waals surface area contributed by atoms with Crippen LogP contribution in [0.2, 0.25) is 0 Å². The van der Waals surface area contributed by atoms with Crippen LogP contribution >= 0.6 is 0 Å². The molecule has 3 heterocycles. The van der Waals surface area contributed by atoms with E-state index >= 15 is 0 Å². The first-order valence-electron chi connectivity index (χ1n) is 12.4. The summed E-state index contributed by atoms with van der Waals surface area (Å²) in [6.07, 6.45) is -18.3. The van der Waals surface area contributed by atoms with E-state index in [-0.39, 0.29) is 25.0 Å². The molecule has 236 valence electrons. The molecule has 1 saturated heterocycles. The molecule has 2 amide bonds. The molecule has 2 aromatic rings. The smallest absolute Gasteiger partial charge is 0.451 e. The molecule has 0 aliphatic carbocycles. The first-order valence-corrected chi connectivity index (χ1v) is 12.4. The number of alkyl halides is 3. The van der Waals surface area contributed by atoms with Crippen LogP contribution in [-0.2, 0) is 44.7 Å². The van der Waals surface area contributed by atoms with Crippen molar-refractivity contribution >= 4 is 18.0 Å². The summed E-state index contributed by atoms with van der Waals surface area (Å²) in [6, 6.07) is -0.764. The maximum absolute atomic E-state index is 14.4. The van der Waals surface area contributed by atoms with Crippen LogP contribution in [0.4, 0.5) is 31.1 Å². The summed E-state index contributed by atoms with van der Waals surface area (Å²) in [5, 5.41) is 47.5. The maximum atomic E-state index is 14.4. The molecule has 0 unspecified atom stereocenters. The highest BCUT2D eigenvalue weighted by molar-refractivity contribution is 5.78. The molecule has 0 bridgehead atoms. The Hall–Kier alpha value is -4.01. The molecule has 2 aliphatic heterocycles. The fourth-order valence-corrected chi connectivity index (χ4v) is 4.54. The molecular formula is C23H23F6N5O9. The Morgan fingerprint density at radius 1 is 1.02 bits per heavy atom. The fourth-order valence-electron chi connectivity index (χ4n) is 4.54. The zero-order valence-corrected chi connectivity index (χ0v) is 21.5. The van der Waals surface area contributed by atoms with E-state index in [4.69, 9.17) is 14.6 Å². The third-order valence-electron chi connectivity index (χ3n) is 6.69. The van der Waals surface area contributed by atoms with E-state index in [0.717, 1.165) is 9.47 Å². The lowest BCUT2D eigenvalue weighted by atomic mass is 9.99. The normalized spacial score (nSPS) is 24.7. The lowest BCUT2D eigenvalue weighted by molar-refractivity contribution is -0.278. The zero-order valence-electron chi connectivity index (χ0n) is 21.5. The Morgan fingerprint density at radius 3 is 2.35 bits per heavy atom. The van der Waals surface area contributed by atoms with Crippen molar-refractivity contribution < 1.29 is 70.6 Å². The van der Waals surface area contributed by atoms with Crippen LogP contribution in [0.1, 0.15) is 23.6 Å². The number of benzene rings is 1.